The molecule has 0 amide bonds. The van der Waals surface area contributed by atoms with Crippen molar-refractivity contribution in [2.75, 3.05) is 12.4 Å². The average molecular weight is 267 g/mol. The molecule has 0 heterocycles. The molecular formula is C11H14Cl3N. The first-order valence-electron chi connectivity index (χ1n) is 4.94. The Balaban J connectivity index is 2.28. The van der Waals surface area contributed by atoms with E-state index < -0.39 is 0 Å². The van der Waals surface area contributed by atoms with Gasteiger partial charge in [0.15, 0.2) is 0 Å². The van der Waals surface area contributed by atoms with E-state index in [9.17, 15) is 0 Å². The van der Waals surface area contributed by atoms with Crippen molar-refractivity contribution in [3.63, 3.8) is 0 Å². The van der Waals surface area contributed by atoms with Gasteiger partial charge in [-0.1, -0.05) is 29.3 Å². The first-order valence-corrected chi connectivity index (χ1v) is 6.23. The molecule has 0 aliphatic rings. The van der Waals surface area contributed by atoms with Crippen molar-refractivity contribution in [1.82, 2.24) is 5.32 Å². The Morgan fingerprint density at radius 3 is 2.53 bits per heavy atom. The summed E-state index contributed by atoms with van der Waals surface area (Å²) in [5, 5.41) is 4.53. The first-order chi connectivity index (χ1) is 7.24. The summed E-state index contributed by atoms with van der Waals surface area (Å²) in [6, 6.07) is 5.68. The second-order valence-electron chi connectivity index (χ2n) is 3.32. The zero-order chi connectivity index (χ0) is 11.1. The minimum absolute atomic E-state index is 0.600. The van der Waals surface area contributed by atoms with E-state index in [4.69, 9.17) is 34.8 Å². The molecule has 0 aliphatic heterocycles. The Bertz CT molecular complexity index is 302. The molecule has 1 aromatic carbocycles. The summed E-state index contributed by atoms with van der Waals surface area (Å²) in [5.74, 6) is 0.731. The molecule has 0 unspecified atom stereocenters. The molecule has 0 bridgehead atoms. The largest absolute Gasteiger partial charge is 0.313 e. The van der Waals surface area contributed by atoms with Crippen molar-refractivity contribution in [3.8, 4) is 0 Å². The van der Waals surface area contributed by atoms with E-state index in [-0.39, 0.29) is 0 Å². The lowest BCUT2D eigenvalue weighted by atomic mass is 10.2. The highest BCUT2D eigenvalue weighted by atomic mass is 35.5. The number of rotatable bonds is 6. The molecule has 1 N–H and O–H groups in total. The molecule has 0 saturated heterocycles. The van der Waals surface area contributed by atoms with Gasteiger partial charge < -0.3 is 5.32 Å². The van der Waals surface area contributed by atoms with Crippen LogP contribution in [-0.2, 0) is 6.54 Å². The van der Waals surface area contributed by atoms with Crippen LogP contribution >= 0.6 is 34.8 Å². The lowest BCUT2D eigenvalue weighted by Crippen LogP contribution is -2.14. The van der Waals surface area contributed by atoms with Gasteiger partial charge in [0.1, 0.15) is 0 Å². The Morgan fingerprint density at radius 2 is 1.87 bits per heavy atom. The maximum absolute atomic E-state index is 5.90. The smallest absolute Gasteiger partial charge is 0.0595 e. The van der Waals surface area contributed by atoms with Crippen LogP contribution in [0.15, 0.2) is 18.2 Å². The topological polar surface area (TPSA) is 12.0 Å². The Kier molecular flexibility index (Phi) is 6.42. The van der Waals surface area contributed by atoms with E-state index in [0.29, 0.717) is 10.0 Å². The van der Waals surface area contributed by atoms with Crippen molar-refractivity contribution >= 4 is 34.8 Å². The van der Waals surface area contributed by atoms with Gasteiger partial charge >= 0.3 is 0 Å². The molecule has 0 radical (unpaired) electrons. The van der Waals surface area contributed by atoms with Gasteiger partial charge in [0.05, 0.1) is 10.0 Å². The van der Waals surface area contributed by atoms with Crippen LogP contribution in [-0.4, -0.2) is 12.4 Å². The normalized spacial score (nSPS) is 10.6. The summed E-state index contributed by atoms with van der Waals surface area (Å²) >= 11 is 17.3. The molecule has 0 saturated carbocycles. The van der Waals surface area contributed by atoms with Crippen LogP contribution in [0, 0.1) is 0 Å². The standard InChI is InChI=1S/C11H14Cl3N/c12-5-1-2-6-15-8-9-3-4-10(13)11(14)7-9/h3-4,7,15H,1-2,5-6,8H2. The number of nitrogens with one attached hydrogen (secondary N) is 1. The molecule has 15 heavy (non-hydrogen) atoms. The summed E-state index contributed by atoms with van der Waals surface area (Å²) in [5.41, 5.74) is 1.15. The Morgan fingerprint density at radius 1 is 1.07 bits per heavy atom. The molecule has 0 fully saturated rings. The highest BCUT2D eigenvalue weighted by Crippen LogP contribution is 2.22. The van der Waals surface area contributed by atoms with Crippen molar-refractivity contribution in [2.24, 2.45) is 0 Å². The summed E-state index contributed by atoms with van der Waals surface area (Å²) in [4.78, 5) is 0. The molecule has 0 atom stereocenters. The number of alkyl halides is 1. The zero-order valence-corrected chi connectivity index (χ0v) is 10.7. The molecule has 0 aromatic heterocycles. The van der Waals surface area contributed by atoms with Crippen LogP contribution in [0.3, 0.4) is 0 Å². The van der Waals surface area contributed by atoms with Gasteiger partial charge in [-0.2, -0.15) is 0 Å². The van der Waals surface area contributed by atoms with Crippen LogP contribution in [0.2, 0.25) is 10.0 Å². The SMILES string of the molecule is ClCCCCNCc1ccc(Cl)c(Cl)c1. The molecule has 4 heteroatoms. The lowest BCUT2D eigenvalue weighted by Gasteiger charge is -2.05. The third-order valence-electron chi connectivity index (χ3n) is 2.05. The van der Waals surface area contributed by atoms with E-state index in [2.05, 4.69) is 5.32 Å². The Labute approximate surface area is 106 Å². The van der Waals surface area contributed by atoms with Crippen molar-refractivity contribution in [3.05, 3.63) is 33.8 Å². The monoisotopic (exact) mass is 265 g/mol. The average Bonchev–Trinajstić information content (AvgIpc) is 2.23. The van der Waals surface area contributed by atoms with E-state index in [1.165, 1.54) is 0 Å². The fraction of sp³-hybridized carbons (Fsp3) is 0.455. The zero-order valence-electron chi connectivity index (χ0n) is 8.40. The van der Waals surface area contributed by atoms with Gasteiger partial charge in [-0.15, -0.1) is 11.6 Å². The second kappa shape index (κ2) is 7.34. The van der Waals surface area contributed by atoms with Crippen molar-refractivity contribution in [2.45, 2.75) is 19.4 Å². The van der Waals surface area contributed by atoms with Crippen LogP contribution in [0.1, 0.15) is 18.4 Å². The van der Waals surface area contributed by atoms with E-state index in [0.717, 1.165) is 37.4 Å². The maximum atomic E-state index is 5.90. The third kappa shape index (κ3) is 5.07. The first kappa shape index (κ1) is 13.1. The molecule has 1 rings (SSSR count). The predicted molar refractivity (Wildman–Crippen MR) is 68.1 cm³/mol. The highest BCUT2D eigenvalue weighted by Gasteiger charge is 1.98. The predicted octanol–water partition coefficient (Wildman–Crippen LogP) is 4.10. The summed E-state index contributed by atoms with van der Waals surface area (Å²) in [6.07, 6.45) is 2.15. The summed E-state index contributed by atoms with van der Waals surface area (Å²) in [7, 11) is 0. The van der Waals surface area contributed by atoms with Crippen molar-refractivity contribution < 1.29 is 0 Å². The lowest BCUT2D eigenvalue weighted by molar-refractivity contribution is 0.643. The summed E-state index contributed by atoms with van der Waals surface area (Å²) < 4.78 is 0. The number of halogens is 3. The van der Waals surface area contributed by atoms with E-state index in [1.807, 2.05) is 18.2 Å². The third-order valence-corrected chi connectivity index (χ3v) is 3.06. The molecule has 84 valence electrons. The van der Waals surface area contributed by atoms with E-state index in [1.54, 1.807) is 0 Å². The van der Waals surface area contributed by atoms with Crippen LogP contribution in [0.25, 0.3) is 0 Å². The van der Waals surface area contributed by atoms with Crippen molar-refractivity contribution in [1.29, 1.82) is 0 Å². The quantitative estimate of drug-likeness (QED) is 0.604. The molecule has 0 spiro atoms. The Hall–Kier alpha value is 0.0500. The van der Waals surface area contributed by atoms with Crippen LogP contribution in [0.4, 0.5) is 0 Å². The second-order valence-corrected chi connectivity index (χ2v) is 4.51. The minimum Gasteiger partial charge on any atom is -0.313 e. The van der Waals surface area contributed by atoms with Gasteiger partial charge in [0.2, 0.25) is 0 Å². The van der Waals surface area contributed by atoms with Gasteiger partial charge in [-0.25, -0.2) is 0 Å². The number of unbranched alkanes of at least 4 members (excludes halogenated alkanes) is 1. The van der Waals surface area contributed by atoms with E-state index >= 15 is 0 Å². The minimum atomic E-state index is 0.600. The summed E-state index contributed by atoms with van der Waals surface area (Å²) in [6.45, 7) is 1.80. The van der Waals surface area contributed by atoms with Gasteiger partial charge in [-0.05, 0) is 37.1 Å². The maximum Gasteiger partial charge on any atom is 0.0595 e. The number of hydrogen-bond acceptors (Lipinski definition) is 1. The molecule has 1 nitrogen and oxygen atoms in total. The fourth-order valence-electron chi connectivity index (χ4n) is 1.23. The van der Waals surface area contributed by atoms with Crippen LogP contribution in [0.5, 0.6) is 0 Å². The molecule has 1 aromatic rings. The van der Waals surface area contributed by atoms with Gasteiger partial charge in [0.25, 0.3) is 0 Å². The number of benzene rings is 1. The highest BCUT2D eigenvalue weighted by molar-refractivity contribution is 6.42. The van der Waals surface area contributed by atoms with Crippen LogP contribution < -0.4 is 5.32 Å². The molecule has 0 aliphatic carbocycles. The van der Waals surface area contributed by atoms with Gasteiger partial charge in [0, 0.05) is 12.4 Å². The van der Waals surface area contributed by atoms with Gasteiger partial charge in [-0.3, -0.25) is 0 Å². The molecular weight excluding hydrogens is 252 g/mol. The fourth-order valence-corrected chi connectivity index (χ4v) is 1.74. The number of hydrogen-bond donors (Lipinski definition) is 1.